The number of fused-ring (bicyclic) bond motifs is 1. The zero-order valence-electron chi connectivity index (χ0n) is 14.7. The van der Waals surface area contributed by atoms with Gasteiger partial charge in [-0.15, -0.1) is 0 Å². The minimum Gasteiger partial charge on any atom is -0.468 e. The molecule has 0 bridgehead atoms. The molecule has 1 atom stereocenters. The third-order valence-corrected chi connectivity index (χ3v) is 4.73. The quantitative estimate of drug-likeness (QED) is 0.759. The number of carbonyl (C=O) groups excluding carboxylic acids is 1. The van der Waals surface area contributed by atoms with Gasteiger partial charge in [0.15, 0.2) is 0 Å². The Morgan fingerprint density at radius 3 is 2.88 bits per heavy atom. The largest absolute Gasteiger partial charge is 0.468 e. The van der Waals surface area contributed by atoms with Gasteiger partial charge in [0.1, 0.15) is 17.1 Å². The Morgan fingerprint density at radius 2 is 2.12 bits per heavy atom. The van der Waals surface area contributed by atoms with E-state index in [1.807, 2.05) is 47.9 Å². The molecule has 7 nitrogen and oxygen atoms in total. The van der Waals surface area contributed by atoms with Crippen molar-refractivity contribution in [1.29, 1.82) is 0 Å². The number of nitrogens with one attached hydrogen (secondary N) is 1. The molecule has 1 aliphatic rings. The van der Waals surface area contributed by atoms with Crippen LogP contribution in [0.2, 0.25) is 0 Å². The monoisotopic (exact) mass is 354 g/mol. The van der Waals surface area contributed by atoms with Gasteiger partial charge in [-0.1, -0.05) is 6.07 Å². The topological polar surface area (TPSA) is 72.0 Å². The number of rotatable bonds is 5. The minimum absolute atomic E-state index is 0.0164. The van der Waals surface area contributed by atoms with Crippen LogP contribution in [0.5, 0.6) is 0 Å². The van der Waals surface area contributed by atoms with Crippen LogP contribution < -0.4 is 5.32 Å². The molecule has 4 heterocycles. The van der Waals surface area contributed by atoms with Crippen LogP contribution in [0.25, 0.3) is 5.65 Å². The Balaban J connectivity index is 1.53. The third kappa shape index (κ3) is 3.23. The molecule has 4 rings (SSSR count). The van der Waals surface area contributed by atoms with E-state index in [2.05, 4.69) is 15.2 Å². The molecule has 0 saturated carbocycles. The van der Waals surface area contributed by atoms with Crippen molar-refractivity contribution in [2.45, 2.75) is 13.0 Å². The van der Waals surface area contributed by atoms with E-state index < -0.39 is 0 Å². The lowest BCUT2D eigenvalue weighted by atomic mass is 10.1. The third-order valence-electron chi connectivity index (χ3n) is 4.73. The summed E-state index contributed by atoms with van der Waals surface area (Å²) in [5, 5.41) is 3.06. The van der Waals surface area contributed by atoms with E-state index >= 15 is 0 Å². The lowest BCUT2D eigenvalue weighted by Gasteiger charge is -2.33. The average molecular weight is 354 g/mol. The number of morpholine rings is 1. The summed E-state index contributed by atoms with van der Waals surface area (Å²) in [5.41, 5.74) is 2.06. The van der Waals surface area contributed by atoms with E-state index in [0.29, 0.717) is 25.5 Å². The minimum atomic E-state index is -0.133. The summed E-state index contributed by atoms with van der Waals surface area (Å²) in [4.78, 5) is 19.6. The molecule has 1 saturated heterocycles. The maximum Gasteiger partial charge on any atom is 0.270 e. The van der Waals surface area contributed by atoms with Gasteiger partial charge < -0.3 is 14.5 Å². The highest BCUT2D eigenvalue weighted by atomic mass is 16.5. The molecular weight excluding hydrogens is 332 g/mol. The Labute approximate surface area is 151 Å². The summed E-state index contributed by atoms with van der Waals surface area (Å²) in [6, 6.07) is 9.50. The van der Waals surface area contributed by atoms with Crippen molar-refractivity contribution in [1.82, 2.24) is 19.6 Å². The van der Waals surface area contributed by atoms with Gasteiger partial charge in [0, 0.05) is 25.8 Å². The van der Waals surface area contributed by atoms with Crippen LogP contribution in [0.4, 0.5) is 0 Å². The molecule has 0 spiro atoms. The van der Waals surface area contributed by atoms with E-state index in [-0.39, 0.29) is 11.9 Å². The second kappa shape index (κ2) is 7.31. The van der Waals surface area contributed by atoms with E-state index in [1.54, 1.807) is 6.26 Å². The molecule has 1 aliphatic heterocycles. The summed E-state index contributed by atoms with van der Waals surface area (Å²) in [7, 11) is 0. The van der Waals surface area contributed by atoms with Crippen molar-refractivity contribution in [3.05, 3.63) is 59.9 Å². The first-order chi connectivity index (χ1) is 12.7. The highest BCUT2D eigenvalue weighted by Gasteiger charge is 2.26. The number of amides is 1. The second-order valence-electron chi connectivity index (χ2n) is 6.36. The van der Waals surface area contributed by atoms with Gasteiger partial charge in [-0.2, -0.15) is 0 Å². The summed E-state index contributed by atoms with van der Waals surface area (Å²) >= 11 is 0. The molecule has 1 unspecified atom stereocenters. The van der Waals surface area contributed by atoms with Crippen LogP contribution in [0, 0.1) is 6.92 Å². The molecule has 1 N–H and O–H groups in total. The Bertz CT molecular complexity index is 881. The fraction of sp³-hybridized carbons (Fsp3) is 0.368. The SMILES string of the molecule is Cc1nc2ccccn2c1C(=O)NCC(c1ccco1)N1CCOCC1. The van der Waals surface area contributed by atoms with Crippen LogP contribution in [-0.4, -0.2) is 53.0 Å². The van der Waals surface area contributed by atoms with Gasteiger partial charge in [-0.25, -0.2) is 4.98 Å². The first-order valence-corrected chi connectivity index (χ1v) is 8.81. The number of aryl methyl sites for hydroxylation is 1. The Morgan fingerprint density at radius 1 is 1.27 bits per heavy atom. The van der Waals surface area contributed by atoms with Gasteiger partial charge in [0.25, 0.3) is 5.91 Å². The number of furan rings is 1. The summed E-state index contributed by atoms with van der Waals surface area (Å²) in [6.07, 6.45) is 3.52. The predicted octanol–water partition coefficient (Wildman–Crippen LogP) is 2.04. The smallest absolute Gasteiger partial charge is 0.270 e. The first kappa shape index (κ1) is 16.8. The van der Waals surface area contributed by atoms with Gasteiger partial charge in [-0.05, 0) is 31.2 Å². The summed E-state index contributed by atoms with van der Waals surface area (Å²) in [5.74, 6) is 0.716. The molecule has 0 aromatic carbocycles. The fourth-order valence-electron chi connectivity index (χ4n) is 3.44. The first-order valence-electron chi connectivity index (χ1n) is 8.81. The molecule has 0 radical (unpaired) electrons. The van der Waals surface area contributed by atoms with E-state index in [4.69, 9.17) is 9.15 Å². The van der Waals surface area contributed by atoms with Crippen molar-refractivity contribution < 1.29 is 13.9 Å². The number of nitrogens with zero attached hydrogens (tertiary/aromatic N) is 3. The van der Waals surface area contributed by atoms with Crippen LogP contribution in [0.15, 0.2) is 47.2 Å². The van der Waals surface area contributed by atoms with Gasteiger partial charge in [0.05, 0.1) is 31.2 Å². The van der Waals surface area contributed by atoms with Gasteiger partial charge >= 0.3 is 0 Å². The fourth-order valence-corrected chi connectivity index (χ4v) is 3.44. The molecule has 136 valence electrons. The number of imidazole rings is 1. The van der Waals surface area contributed by atoms with Crippen LogP contribution in [0.3, 0.4) is 0 Å². The molecule has 1 fully saturated rings. The lowest BCUT2D eigenvalue weighted by Crippen LogP contribution is -2.43. The standard InChI is InChI=1S/C19H22N4O3/c1-14-18(23-7-3-2-6-17(23)21-14)19(24)20-13-15(16-5-4-10-26-16)22-8-11-25-12-9-22/h2-7,10,15H,8-9,11-13H2,1H3,(H,20,24). The zero-order chi connectivity index (χ0) is 17.9. The van der Waals surface area contributed by atoms with Crippen molar-refractivity contribution in [2.75, 3.05) is 32.8 Å². The van der Waals surface area contributed by atoms with Crippen LogP contribution in [0.1, 0.15) is 28.0 Å². The molecule has 26 heavy (non-hydrogen) atoms. The molecular formula is C19H22N4O3. The van der Waals surface area contributed by atoms with Crippen LogP contribution >= 0.6 is 0 Å². The maximum atomic E-state index is 12.9. The number of ether oxygens (including phenoxy) is 1. The lowest BCUT2D eigenvalue weighted by molar-refractivity contribution is 0.0118. The number of carbonyl (C=O) groups is 1. The number of aromatic nitrogens is 2. The molecule has 3 aromatic rings. The number of hydrogen-bond acceptors (Lipinski definition) is 5. The van der Waals surface area contributed by atoms with Crippen molar-refractivity contribution >= 4 is 11.6 Å². The summed E-state index contributed by atoms with van der Waals surface area (Å²) < 4.78 is 12.9. The van der Waals surface area contributed by atoms with Crippen molar-refractivity contribution in [3.63, 3.8) is 0 Å². The highest BCUT2D eigenvalue weighted by molar-refractivity contribution is 5.94. The second-order valence-corrected chi connectivity index (χ2v) is 6.36. The van der Waals surface area contributed by atoms with Crippen molar-refractivity contribution in [3.8, 4) is 0 Å². The number of hydrogen-bond donors (Lipinski definition) is 1. The molecule has 7 heteroatoms. The maximum absolute atomic E-state index is 12.9. The van der Waals surface area contributed by atoms with E-state index in [9.17, 15) is 4.79 Å². The Kier molecular flexibility index (Phi) is 4.73. The van der Waals surface area contributed by atoms with Gasteiger partial charge in [-0.3, -0.25) is 14.1 Å². The normalized spacial score (nSPS) is 16.7. The molecule has 0 aliphatic carbocycles. The van der Waals surface area contributed by atoms with Gasteiger partial charge in [0.2, 0.25) is 0 Å². The highest BCUT2D eigenvalue weighted by Crippen LogP contribution is 2.22. The van der Waals surface area contributed by atoms with E-state index in [0.717, 1.165) is 30.2 Å². The van der Waals surface area contributed by atoms with E-state index in [1.165, 1.54) is 0 Å². The number of pyridine rings is 1. The molecule has 1 amide bonds. The predicted molar refractivity (Wildman–Crippen MR) is 96.1 cm³/mol. The Hall–Kier alpha value is -2.64. The summed E-state index contributed by atoms with van der Waals surface area (Å²) in [6.45, 7) is 5.33. The zero-order valence-corrected chi connectivity index (χ0v) is 14.7. The van der Waals surface area contributed by atoms with Crippen molar-refractivity contribution in [2.24, 2.45) is 0 Å². The average Bonchev–Trinajstić information content (AvgIpc) is 3.29. The molecule has 3 aromatic heterocycles. The van der Waals surface area contributed by atoms with Crippen LogP contribution in [-0.2, 0) is 4.74 Å².